The number of furan rings is 1. The van der Waals surface area contributed by atoms with Gasteiger partial charge in [-0.25, -0.2) is 0 Å². The first-order valence-corrected chi connectivity index (χ1v) is 8.69. The number of hydrogen-bond donors (Lipinski definition) is 1. The molecule has 1 N–H and O–H groups in total. The first-order chi connectivity index (χ1) is 11.6. The molecule has 1 aromatic carbocycles. The maximum absolute atomic E-state index is 13.0. The lowest BCUT2D eigenvalue weighted by Crippen LogP contribution is -2.40. The Morgan fingerprint density at radius 3 is 2.67 bits per heavy atom. The van der Waals surface area contributed by atoms with Crippen LogP contribution in [0.2, 0.25) is 0 Å². The number of nitrogens with zero attached hydrogens (tertiary/aromatic N) is 2. The van der Waals surface area contributed by atoms with Gasteiger partial charge in [-0.2, -0.15) is 0 Å². The SMILES string of the molecule is CNCC1CCN(C(=O)c2oc3ccccc3c2CN(C)C)CC1. The molecule has 0 aliphatic carbocycles. The number of benzene rings is 1. The summed E-state index contributed by atoms with van der Waals surface area (Å²) in [5.74, 6) is 1.21. The molecule has 5 heteroatoms. The minimum Gasteiger partial charge on any atom is -0.451 e. The van der Waals surface area contributed by atoms with Crippen LogP contribution < -0.4 is 5.32 Å². The predicted octanol–water partition coefficient (Wildman–Crippen LogP) is 2.57. The van der Waals surface area contributed by atoms with Crippen LogP contribution in [-0.4, -0.2) is 56.5 Å². The van der Waals surface area contributed by atoms with Gasteiger partial charge in [0.2, 0.25) is 0 Å². The second-order valence-electron chi connectivity index (χ2n) is 6.94. The van der Waals surface area contributed by atoms with Gasteiger partial charge in [0.1, 0.15) is 5.58 Å². The van der Waals surface area contributed by atoms with Crippen LogP contribution in [0, 0.1) is 5.92 Å². The molecule has 1 saturated heterocycles. The Morgan fingerprint density at radius 2 is 2.00 bits per heavy atom. The first kappa shape index (κ1) is 17.0. The van der Waals surface area contributed by atoms with Crippen molar-refractivity contribution < 1.29 is 9.21 Å². The second-order valence-corrected chi connectivity index (χ2v) is 6.94. The molecule has 1 fully saturated rings. The Morgan fingerprint density at radius 1 is 1.29 bits per heavy atom. The third-order valence-corrected chi connectivity index (χ3v) is 4.76. The lowest BCUT2D eigenvalue weighted by molar-refractivity contribution is 0.0658. The van der Waals surface area contributed by atoms with Crippen LogP contribution in [0.5, 0.6) is 0 Å². The number of carbonyl (C=O) groups excluding carboxylic acids is 1. The molecule has 5 nitrogen and oxygen atoms in total. The van der Waals surface area contributed by atoms with E-state index in [0.29, 0.717) is 18.2 Å². The highest BCUT2D eigenvalue weighted by atomic mass is 16.3. The van der Waals surface area contributed by atoms with E-state index in [9.17, 15) is 4.79 Å². The van der Waals surface area contributed by atoms with Gasteiger partial charge in [-0.1, -0.05) is 18.2 Å². The minimum absolute atomic E-state index is 0.0333. The van der Waals surface area contributed by atoms with Crippen LogP contribution in [0.25, 0.3) is 11.0 Å². The Bertz CT molecular complexity index is 700. The maximum atomic E-state index is 13.0. The summed E-state index contributed by atoms with van der Waals surface area (Å²) >= 11 is 0. The molecule has 0 atom stereocenters. The van der Waals surface area contributed by atoms with E-state index in [1.165, 1.54) is 0 Å². The summed E-state index contributed by atoms with van der Waals surface area (Å²) in [7, 11) is 6.01. The van der Waals surface area contributed by atoms with E-state index < -0.39 is 0 Å². The van der Waals surface area contributed by atoms with Gasteiger partial charge >= 0.3 is 0 Å². The van der Waals surface area contributed by atoms with E-state index in [0.717, 1.165) is 49.0 Å². The normalized spacial score (nSPS) is 16.2. The fourth-order valence-corrected chi connectivity index (χ4v) is 3.52. The van der Waals surface area contributed by atoms with E-state index in [1.807, 2.05) is 50.3 Å². The van der Waals surface area contributed by atoms with Crippen molar-refractivity contribution in [2.24, 2.45) is 5.92 Å². The van der Waals surface area contributed by atoms with Crippen LogP contribution >= 0.6 is 0 Å². The van der Waals surface area contributed by atoms with Crippen LogP contribution in [0.4, 0.5) is 0 Å². The summed E-state index contributed by atoms with van der Waals surface area (Å²) in [6.45, 7) is 3.35. The highest BCUT2D eigenvalue weighted by Crippen LogP contribution is 2.29. The number of hydrogen-bond acceptors (Lipinski definition) is 4. The van der Waals surface area contributed by atoms with E-state index in [2.05, 4.69) is 10.2 Å². The number of carbonyl (C=O) groups is 1. The van der Waals surface area contributed by atoms with Crippen molar-refractivity contribution in [1.29, 1.82) is 0 Å². The van der Waals surface area contributed by atoms with Crippen molar-refractivity contribution in [3.05, 3.63) is 35.6 Å². The van der Waals surface area contributed by atoms with E-state index >= 15 is 0 Å². The molecule has 0 spiro atoms. The lowest BCUT2D eigenvalue weighted by atomic mass is 9.96. The lowest BCUT2D eigenvalue weighted by Gasteiger charge is -2.31. The van der Waals surface area contributed by atoms with E-state index in [-0.39, 0.29) is 5.91 Å². The molecular formula is C19H27N3O2. The number of fused-ring (bicyclic) bond motifs is 1. The van der Waals surface area contributed by atoms with Crippen LogP contribution in [-0.2, 0) is 6.54 Å². The monoisotopic (exact) mass is 329 g/mol. The van der Waals surface area contributed by atoms with Crippen LogP contribution in [0.15, 0.2) is 28.7 Å². The van der Waals surface area contributed by atoms with Gasteiger partial charge in [-0.05, 0) is 52.5 Å². The van der Waals surface area contributed by atoms with E-state index in [1.54, 1.807) is 0 Å². The average Bonchev–Trinajstić information content (AvgIpc) is 2.93. The van der Waals surface area contributed by atoms with Crippen molar-refractivity contribution in [2.45, 2.75) is 19.4 Å². The van der Waals surface area contributed by atoms with Gasteiger partial charge in [-0.3, -0.25) is 4.79 Å². The van der Waals surface area contributed by atoms with Crippen molar-refractivity contribution in [2.75, 3.05) is 40.8 Å². The second kappa shape index (κ2) is 7.36. The Balaban J connectivity index is 1.84. The summed E-state index contributed by atoms with van der Waals surface area (Å²) in [4.78, 5) is 17.1. The third-order valence-electron chi connectivity index (χ3n) is 4.76. The molecular weight excluding hydrogens is 302 g/mol. The Kier molecular flexibility index (Phi) is 5.21. The zero-order chi connectivity index (χ0) is 17.1. The van der Waals surface area contributed by atoms with Crippen LogP contribution in [0.1, 0.15) is 29.0 Å². The van der Waals surface area contributed by atoms with Gasteiger partial charge in [0, 0.05) is 30.6 Å². The Hall–Kier alpha value is -1.85. The number of nitrogens with one attached hydrogen (secondary N) is 1. The smallest absolute Gasteiger partial charge is 0.289 e. The fraction of sp³-hybridized carbons (Fsp3) is 0.526. The van der Waals surface area contributed by atoms with Crippen molar-refractivity contribution >= 4 is 16.9 Å². The number of rotatable bonds is 5. The highest BCUT2D eigenvalue weighted by Gasteiger charge is 2.28. The maximum Gasteiger partial charge on any atom is 0.289 e. The largest absolute Gasteiger partial charge is 0.451 e. The molecule has 130 valence electrons. The number of likely N-dealkylation sites (tertiary alicyclic amines) is 1. The highest BCUT2D eigenvalue weighted by molar-refractivity contribution is 5.99. The van der Waals surface area contributed by atoms with Crippen LogP contribution in [0.3, 0.4) is 0 Å². The van der Waals surface area contributed by atoms with E-state index in [4.69, 9.17) is 4.42 Å². The van der Waals surface area contributed by atoms with Gasteiger partial charge < -0.3 is 19.5 Å². The van der Waals surface area contributed by atoms with Crippen molar-refractivity contribution in [3.8, 4) is 0 Å². The molecule has 0 radical (unpaired) electrons. The van der Waals surface area contributed by atoms with Gasteiger partial charge in [0.15, 0.2) is 5.76 Å². The zero-order valence-corrected chi connectivity index (χ0v) is 14.8. The first-order valence-electron chi connectivity index (χ1n) is 8.69. The molecule has 1 aromatic heterocycles. The molecule has 1 amide bonds. The summed E-state index contributed by atoms with van der Waals surface area (Å²) in [6, 6.07) is 7.91. The third kappa shape index (κ3) is 3.47. The number of para-hydroxylation sites is 1. The minimum atomic E-state index is 0.0333. The van der Waals surface area contributed by atoms with Crippen molar-refractivity contribution in [3.63, 3.8) is 0 Å². The molecule has 0 bridgehead atoms. The molecule has 1 aliphatic rings. The summed E-state index contributed by atoms with van der Waals surface area (Å²) in [6.07, 6.45) is 2.10. The summed E-state index contributed by atoms with van der Waals surface area (Å²) in [5.41, 5.74) is 1.79. The molecule has 0 unspecified atom stereocenters. The molecule has 3 rings (SSSR count). The number of piperidine rings is 1. The molecule has 24 heavy (non-hydrogen) atoms. The van der Waals surface area contributed by atoms with Gasteiger partial charge in [0.25, 0.3) is 5.91 Å². The Labute approximate surface area is 143 Å². The van der Waals surface area contributed by atoms with Crippen molar-refractivity contribution in [1.82, 2.24) is 15.1 Å². The average molecular weight is 329 g/mol. The van der Waals surface area contributed by atoms with Gasteiger partial charge in [0.05, 0.1) is 0 Å². The standard InChI is InChI=1S/C19H27N3O2/c1-20-12-14-8-10-22(11-9-14)19(23)18-16(13-21(2)3)15-6-4-5-7-17(15)24-18/h4-7,14,20H,8-13H2,1-3H3. The zero-order valence-electron chi connectivity index (χ0n) is 14.8. The topological polar surface area (TPSA) is 48.7 Å². The summed E-state index contributed by atoms with van der Waals surface area (Å²) in [5, 5.41) is 4.28. The molecule has 2 aromatic rings. The summed E-state index contributed by atoms with van der Waals surface area (Å²) < 4.78 is 5.96. The molecule has 0 saturated carbocycles. The van der Waals surface area contributed by atoms with Gasteiger partial charge in [-0.15, -0.1) is 0 Å². The number of amides is 1. The quantitative estimate of drug-likeness (QED) is 0.916. The predicted molar refractivity (Wildman–Crippen MR) is 96.2 cm³/mol. The molecule has 1 aliphatic heterocycles. The fourth-order valence-electron chi connectivity index (χ4n) is 3.52. The molecule has 2 heterocycles.